The van der Waals surface area contributed by atoms with Gasteiger partial charge in [-0.25, -0.2) is 4.79 Å². The van der Waals surface area contributed by atoms with Crippen LogP contribution in [0.5, 0.6) is 0 Å². The van der Waals surface area contributed by atoms with Crippen LogP contribution in [0, 0.1) is 0 Å². The Kier molecular flexibility index (Phi) is 6.43. The van der Waals surface area contributed by atoms with Crippen LogP contribution in [0.3, 0.4) is 0 Å². The Balaban J connectivity index is 2.25. The Hall–Kier alpha value is -1.36. The number of carbonyl (C=O) groups excluding carboxylic acids is 1. The molecule has 1 aromatic heterocycles. The minimum atomic E-state index is -0.955. The van der Waals surface area contributed by atoms with Crippen molar-refractivity contribution in [1.29, 1.82) is 0 Å². The number of carboxylic acid groups (broad SMARTS) is 1. The van der Waals surface area contributed by atoms with Crippen molar-refractivity contribution in [1.82, 2.24) is 5.32 Å². The summed E-state index contributed by atoms with van der Waals surface area (Å²) in [7, 11) is 0. The molecule has 1 amide bonds. The molecule has 1 heterocycles. The van der Waals surface area contributed by atoms with Gasteiger partial charge in [0, 0.05) is 11.3 Å². The van der Waals surface area contributed by atoms with Gasteiger partial charge in [0.1, 0.15) is 6.04 Å². The topological polar surface area (TPSA) is 66.4 Å². The summed E-state index contributed by atoms with van der Waals surface area (Å²) in [4.78, 5) is 23.7. The Morgan fingerprint density at radius 1 is 1.50 bits per heavy atom. The fourth-order valence-electron chi connectivity index (χ4n) is 1.69. The number of aryl methyl sites for hydroxylation is 1. The van der Waals surface area contributed by atoms with Gasteiger partial charge in [-0.3, -0.25) is 4.79 Å². The number of nitrogens with one attached hydrogen (secondary N) is 1. The van der Waals surface area contributed by atoms with Crippen LogP contribution >= 0.6 is 11.3 Å². The zero-order chi connectivity index (χ0) is 13.4. The second-order valence-corrected chi connectivity index (χ2v) is 5.21. The third kappa shape index (κ3) is 5.31. The van der Waals surface area contributed by atoms with E-state index in [1.165, 1.54) is 4.88 Å². The molecule has 0 spiro atoms. The fourth-order valence-corrected chi connectivity index (χ4v) is 2.44. The van der Waals surface area contributed by atoms with Crippen molar-refractivity contribution < 1.29 is 14.7 Å². The zero-order valence-electron chi connectivity index (χ0n) is 10.5. The summed E-state index contributed by atoms with van der Waals surface area (Å²) >= 11 is 1.68. The first-order valence-corrected chi connectivity index (χ1v) is 7.06. The second kappa shape index (κ2) is 7.87. The molecule has 18 heavy (non-hydrogen) atoms. The molecular formula is C13H19NO3S. The standard InChI is InChI=1S/C13H19NO3S/c1-2-5-11(13(16)17)14-12(15)8-3-6-10-7-4-9-18-10/h4,7,9,11H,2-3,5-6,8H2,1H3,(H,14,15)(H,16,17)/t11-/m1/s1. The van der Waals surface area contributed by atoms with Crippen LogP contribution in [0.2, 0.25) is 0 Å². The molecule has 1 atom stereocenters. The van der Waals surface area contributed by atoms with Crippen LogP contribution < -0.4 is 5.32 Å². The molecule has 0 saturated heterocycles. The van der Waals surface area contributed by atoms with E-state index >= 15 is 0 Å². The Labute approximate surface area is 111 Å². The SMILES string of the molecule is CCC[C@@H](NC(=O)CCCc1cccs1)C(=O)O. The third-order valence-corrected chi connectivity index (χ3v) is 3.55. The molecular weight excluding hydrogens is 250 g/mol. The molecule has 1 rings (SSSR count). The van der Waals surface area contributed by atoms with E-state index in [1.54, 1.807) is 11.3 Å². The summed E-state index contributed by atoms with van der Waals surface area (Å²) in [5, 5.41) is 13.5. The quantitative estimate of drug-likeness (QED) is 0.761. The van der Waals surface area contributed by atoms with Crippen LogP contribution in [0.4, 0.5) is 0 Å². The number of amides is 1. The maximum atomic E-state index is 11.6. The van der Waals surface area contributed by atoms with Crippen molar-refractivity contribution in [3.63, 3.8) is 0 Å². The molecule has 0 aromatic carbocycles. The number of carboxylic acids is 1. The highest BCUT2D eigenvalue weighted by molar-refractivity contribution is 7.09. The van der Waals surface area contributed by atoms with Crippen molar-refractivity contribution in [3.8, 4) is 0 Å². The van der Waals surface area contributed by atoms with E-state index in [1.807, 2.05) is 24.4 Å². The Morgan fingerprint density at radius 2 is 2.28 bits per heavy atom. The van der Waals surface area contributed by atoms with Crippen LogP contribution in [-0.4, -0.2) is 23.0 Å². The minimum Gasteiger partial charge on any atom is -0.480 e. The second-order valence-electron chi connectivity index (χ2n) is 4.18. The molecule has 1 aromatic rings. The largest absolute Gasteiger partial charge is 0.480 e. The molecule has 5 heteroatoms. The zero-order valence-corrected chi connectivity index (χ0v) is 11.3. The van der Waals surface area contributed by atoms with E-state index in [4.69, 9.17) is 5.11 Å². The third-order valence-electron chi connectivity index (χ3n) is 2.62. The number of rotatable bonds is 8. The Bertz CT molecular complexity index is 376. The van der Waals surface area contributed by atoms with Crippen molar-refractivity contribution in [3.05, 3.63) is 22.4 Å². The predicted molar refractivity (Wildman–Crippen MR) is 71.7 cm³/mol. The van der Waals surface area contributed by atoms with Gasteiger partial charge in [-0.1, -0.05) is 19.4 Å². The van der Waals surface area contributed by atoms with Crippen molar-refractivity contribution in [2.75, 3.05) is 0 Å². The highest BCUT2D eigenvalue weighted by atomic mass is 32.1. The van der Waals surface area contributed by atoms with E-state index in [2.05, 4.69) is 5.32 Å². The smallest absolute Gasteiger partial charge is 0.326 e. The average molecular weight is 269 g/mol. The maximum absolute atomic E-state index is 11.6. The normalized spacial score (nSPS) is 12.1. The Morgan fingerprint density at radius 3 is 2.83 bits per heavy atom. The predicted octanol–water partition coefficient (Wildman–Crippen LogP) is 2.44. The van der Waals surface area contributed by atoms with Crippen molar-refractivity contribution in [2.24, 2.45) is 0 Å². The first-order chi connectivity index (χ1) is 8.63. The van der Waals surface area contributed by atoms with E-state index in [9.17, 15) is 9.59 Å². The first-order valence-electron chi connectivity index (χ1n) is 6.18. The van der Waals surface area contributed by atoms with Gasteiger partial charge < -0.3 is 10.4 Å². The lowest BCUT2D eigenvalue weighted by Gasteiger charge is -2.13. The van der Waals surface area contributed by atoms with E-state index in [0.717, 1.165) is 19.3 Å². The fraction of sp³-hybridized carbons (Fsp3) is 0.538. The number of thiophene rings is 1. The molecule has 4 nitrogen and oxygen atoms in total. The van der Waals surface area contributed by atoms with E-state index in [0.29, 0.717) is 12.8 Å². The molecule has 0 aliphatic carbocycles. The number of hydrogen-bond donors (Lipinski definition) is 2. The lowest BCUT2D eigenvalue weighted by molar-refractivity contribution is -0.142. The highest BCUT2D eigenvalue weighted by Gasteiger charge is 2.18. The van der Waals surface area contributed by atoms with E-state index < -0.39 is 12.0 Å². The molecule has 0 radical (unpaired) electrons. The van der Waals surface area contributed by atoms with Gasteiger partial charge in [-0.05, 0) is 30.7 Å². The molecule has 0 bridgehead atoms. The minimum absolute atomic E-state index is 0.174. The highest BCUT2D eigenvalue weighted by Crippen LogP contribution is 2.11. The summed E-state index contributed by atoms with van der Waals surface area (Å²) in [6, 6.07) is 3.28. The van der Waals surface area contributed by atoms with Crippen molar-refractivity contribution >= 4 is 23.2 Å². The number of hydrogen-bond acceptors (Lipinski definition) is 3. The number of carbonyl (C=O) groups is 2. The maximum Gasteiger partial charge on any atom is 0.326 e. The van der Waals surface area contributed by atoms with Crippen LogP contribution in [0.1, 0.15) is 37.5 Å². The van der Waals surface area contributed by atoms with Crippen LogP contribution in [-0.2, 0) is 16.0 Å². The van der Waals surface area contributed by atoms with Gasteiger partial charge in [0.2, 0.25) is 5.91 Å². The summed E-state index contributed by atoms with van der Waals surface area (Å²) in [6.45, 7) is 1.90. The average Bonchev–Trinajstić information content (AvgIpc) is 2.81. The lowest BCUT2D eigenvalue weighted by Crippen LogP contribution is -2.40. The molecule has 0 saturated carbocycles. The van der Waals surface area contributed by atoms with Gasteiger partial charge in [-0.2, -0.15) is 0 Å². The summed E-state index contributed by atoms with van der Waals surface area (Å²) < 4.78 is 0. The molecule has 0 aliphatic rings. The molecule has 2 N–H and O–H groups in total. The molecule has 100 valence electrons. The van der Waals surface area contributed by atoms with Crippen LogP contribution in [0.25, 0.3) is 0 Å². The lowest BCUT2D eigenvalue weighted by atomic mass is 10.1. The van der Waals surface area contributed by atoms with Gasteiger partial charge in [-0.15, -0.1) is 11.3 Å². The monoisotopic (exact) mass is 269 g/mol. The molecule has 0 fully saturated rings. The molecule has 0 aliphatic heterocycles. The summed E-state index contributed by atoms with van der Waals surface area (Å²) in [6.07, 6.45) is 3.23. The van der Waals surface area contributed by atoms with Crippen LogP contribution in [0.15, 0.2) is 17.5 Å². The first kappa shape index (κ1) is 14.7. The van der Waals surface area contributed by atoms with Crippen molar-refractivity contribution in [2.45, 2.75) is 45.1 Å². The van der Waals surface area contributed by atoms with Gasteiger partial charge in [0.15, 0.2) is 0 Å². The van der Waals surface area contributed by atoms with Gasteiger partial charge in [0.05, 0.1) is 0 Å². The van der Waals surface area contributed by atoms with Gasteiger partial charge in [0.25, 0.3) is 0 Å². The van der Waals surface area contributed by atoms with E-state index in [-0.39, 0.29) is 5.91 Å². The summed E-state index contributed by atoms with van der Waals surface area (Å²) in [5.41, 5.74) is 0. The number of aliphatic carboxylic acids is 1. The molecule has 0 unspecified atom stereocenters. The van der Waals surface area contributed by atoms with Gasteiger partial charge >= 0.3 is 5.97 Å². The summed E-state index contributed by atoms with van der Waals surface area (Å²) in [5.74, 6) is -1.13.